The Bertz CT molecular complexity index is 1710. The van der Waals surface area contributed by atoms with Crippen LogP contribution in [0.15, 0.2) is 47.4 Å². The Morgan fingerprint density at radius 2 is 1.60 bits per heavy atom. The van der Waals surface area contributed by atoms with Crippen molar-refractivity contribution < 1.29 is 9.59 Å². The molecule has 3 aromatic rings. The predicted octanol–water partition coefficient (Wildman–Crippen LogP) is 4.57. The quantitative estimate of drug-likeness (QED) is 0.365. The lowest BCUT2D eigenvalue weighted by molar-refractivity contribution is -0.136. The first kappa shape index (κ1) is 35.1. The van der Waals surface area contributed by atoms with Crippen LogP contribution in [0, 0.1) is 5.41 Å². The molecule has 0 spiro atoms. The Balaban J connectivity index is 1.03. The molecular weight excluding hydrogens is 649 g/mol. The van der Waals surface area contributed by atoms with Gasteiger partial charge in [-0.25, -0.2) is 9.78 Å². The van der Waals surface area contributed by atoms with E-state index in [4.69, 9.17) is 0 Å². The number of anilines is 1. The number of nitrogens with zero attached hydrogens (tertiary/aromatic N) is 7. The highest BCUT2D eigenvalue weighted by Gasteiger charge is 2.44. The van der Waals surface area contributed by atoms with Gasteiger partial charge in [-0.3, -0.25) is 24.0 Å². The number of H-pyrrole nitrogens is 1. The largest absolute Gasteiger partial charge is 0.369 e. The van der Waals surface area contributed by atoms with Crippen molar-refractivity contribution in [3.63, 3.8) is 0 Å². The molecule has 0 radical (unpaired) electrons. The molecule has 4 aliphatic rings. The normalized spacial score (nSPS) is 23.8. The first-order valence-electron chi connectivity index (χ1n) is 18.6. The molecule has 4 fully saturated rings. The van der Waals surface area contributed by atoms with E-state index in [1.807, 2.05) is 17.0 Å². The Morgan fingerprint density at radius 3 is 2.32 bits per heavy atom. The summed E-state index contributed by atoms with van der Waals surface area (Å²) in [6, 6.07) is 13.1. The lowest BCUT2D eigenvalue weighted by Gasteiger charge is -2.43. The summed E-state index contributed by atoms with van der Waals surface area (Å²) in [5.74, 6) is 0.101. The van der Waals surface area contributed by atoms with Gasteiger partial charge in [-0.05, 0) is 75.9 Å². The molecule has 0 bridgehead atoms. The number of carbonyl (C=O) groups is 2. The average Bonchev–Trinajstić information content (AvgIpc) is 3.62. The van der Waals surface area contributed by atoms with Gasteiger partial charge in [0.15, 0.2) is 5.65 Å². The number of carbonyl (C=O) groups excluding carboxylic acids is 2. The number of piperazine rings is 1. The summed E-state index contributed by atoms with van der Waals surface area (Å²) in [5, 5.41) is -0.541. The number of hydrogen-bond donors (Lipinski definition) is 1. The van der Waals surface area contributed by atoms with Crippen molar-refractivity contribution in [3.8, 4) is 0 Å². The van der Waals surface area contributed by atoms with Gasteiger partial charge in [-0.1, -0.05) is 39.0 Å². The smallest absolute Gasteiger partial charge is 0.327 e. The average molecular weight is 703 g/mol. The van der Waals surface area contributed by atoms with Crippen molar-refractivity contribution >= 4 is 40.4 Å². The fourth-order valence-electron chi connectivity index (χ4n) is 8.30. The molecule has 7 rings (SSSR count). The lowest BCUT2D eigenvalue weighted by atomic mass is 9.92. The third kappa shape index (κ3) is 7.48. The minimum atomic E-state index is -0.415. The van der Waals surface area contributed by atoms with E-state index < -0.39 is 5.25 Å². The molecule has 0 aliphatic carbocycles. The summed E-state index contributed by atoms with van der Waals surface area (Å²) < 4.78 is 1.80. The third-order valence-electron chi connectivity index (χ3n) is 11.3. The maximum atomic E-state index is 14.2. The maximum absolute atomic E-state index is 14.2. The highest BCUT2D eigenvalue weighted by Crippen LogP contribution is 2.48. The van der Waals surface area contributed by atoms with Crippen LogP contribution in [0.1, 0.15) is 76.3 Å². The standard InChI is InChI=1S/C38H54N8O3S/c1-38(2,3)15-21-45-35(48)32(26-33(47)44-19-13-28(14-20-44)46-31-10-7-16-39-34(31)40-37(46)49)50-36(45)29-8-5-6-9-30(29)43-24-22-42(23-25-43)27-11-17-41(4)18-12-27/h5-10,16,27-28,32,36H,11-15,17-26H2,1-4H3,(H,39,40,49). The molecule has 1 aromatic carbocycles. The number of aromatic nitrogens is 3. The number of benzene rings is 1. The number of piperidine rings is 2. The Hall–Kier alpha value is -3.35. The summed E-state index contributed by atoms with van der Waals surface area (Å²) in [5.41, 5.74) is 3.73. The Kier molecular flexibility index (Phi) is 10.3. The number of aromatic amines is 1. The van der Waals surface area contributed by atoms with Crippen LogP contribution in [-0.4, -0.2) is 123 Å². The summed E-state index contributed by atoms with van der Waals surface area (Å²) >= 11 is 1.66. The van der Waals surface area contributed by atoms with Gasteiger partial charge >= 0.3 is 5.69 Å². The van der Waals surface area contributed by atoms with Gasteiger partial charge in [-0.2, -0.15) is 0 Å². The molecule has 6 heterocycles. The van der Waals surface area contributed by atoms with Gasteiger partial charge in [0.1, 0.15) is 5.37 Å². The van der Waals surface area contributed by atoms with E-state index >= 15 is 0 Å². The molecule has 2 aromatic heterocycles. The van der Waals surface area contributed by atoms with Crippen molar-refractivity contribution in [3.05, 3.63) is 58.6 Å². The van der Waals surface area contributed by atoms with Crippen LogP contribution in [0.4, 0.5) is 5.69 Å². The highest BCUT2D eigenvalue weighted by molar-refractivity contribution is 8.01. The molecule has 2 unspecified atom stereocenters. The maximum Gasteiger partial charge on any atom is 0.327 e. The van der Waals surface area contributed by atoms with Crippen LogP contribution in [0.5, 0.6) is 0 Å². The molecule has 11 nitrogen and oxygen atoms in total. The molecule has 270 valence electrons. The number of rotatable bonds is 8. The topological polar surface area (TPSA) is 101 Å². The van der Waals surface area contributed by atoms with E-state index in [-0.39, 0.29) is 40.8 Å². The molecule has 12 heteroatoms. The van der Waals surface area contributed by atoms with Gasteiger partial charge in [0.25, 0.3) is 0 Å². The van der Waals surface area contributed by atoms with Crippen LogP contribution >= 0.6 is 11.8 Å². The second-order valence-electron chi connectivity index (χ2n) is 15.9. The second-order valence-corrected chi connectivity index (χ2v) is 17.2. The van der Waals surface area contributed by atoms with E-state index in [0.29, 0.717) is 44.2 Å². The van der Waals surface area contributed by atoms with Gasteiger partial charge in [-0.15, -0.1) is 11.8 Å². The third-order valence-corrected chi connectivity index (χ3v) is 12.8. The predicted molar refractivity (Wildman–Crippen MR) is 200 cm³/mol. The van der Waals surface area contributed by atoms with Crippen molar-refractivity contribution in [1.82, 2.24) is 34.1 Å². The minimum absolute atomic E-state index is 0.00648. The number of thioether (sulfide) groups is 1. The van der Waals surface area contributed by atoms with Crippen LogP contribution in [0.2, 0.25) is 0 Å². The van der Waals surface area contributed by atoms with Gasteiger partial charge in [0.2, 0.25) is 11.8 Å². The molecule has 0 saturated carbocycles. The van der Waals surface area contributed by atoms with Crippen molar-refractivity contribution in [2.75, 3.05) is 70.9 Å². The summed E-state index contributed by atoms with van der Waals surface area (Å²) in [4.78, 5) is 59.5. The number of likely N-dealkylation sites (tertiary alicyclic amines) is 2. The monoisotopic (exact) mass is 702 g/mol. The number of fused-ring (bicyclic) bond motifs is 1. The van der Waals surface area contributed by atoms with E-state index in [0.717, 1.165) is 38.1 Å². The van der Waals surface area contributed by atoms with Crippen LogP contribution in [0.3, 0.4) is 0 Å². The molecular formula is C38H54N8O3S. The molecule has 1 N–H and O–H groups in total. The summed E-state index contributed by atoms with van der Waals surface area (Å²) in [7, 11) is 2.22. The number of imidazole rings is 1. The molecule has 2 amide bonds. The van der Waals surface area contributed by atoms with E-state index in [2.05, 4.69) is 81.7 Å². The van der Waals surface area contributed by atoms with Crippen molar-refractivity contribution in [2.45, 2.75) is 82.0 Å². The first-order valence-corrected chi connectivity index (χ1v) is 19.6. The number of amides is 2. The van der Waals surface area contributed by atoms with Gasteiger partial charge in [0.05, 0.1) is 10.8 Å². The van der Waals surface area contributed by atoms with Gasteiger partial charge in [0, 0.05) is 81.8 Å². The lowest BCUT2D eigenvalue weighted by Crippen LogP contribution is -2.53. The van der Waals surface area contributed by atoms with E-state index in [1.165, 1.54) is 37.2 Å². The SMILES string of the molecule is CN1CCC(N2CCN(c3ccccc3C3SC(CC(=O)N4CCC(n5c(=O)[nH]c6ncccc65)CC4)C(=O)N3CCC(C)(C)C)CC2)CC1. The zero-order valence-corrected chi connectivity index (χ0v) is 31.0. The molecule has 4 aliphatic heterocycles. The fourth-order valence-corrected chi connectivity index (χ4v) is 9.81. The van der Waals surface area contributed by atoms with Crippen molar-refractivity contribution in [1.29, 1.82) is 0 Å². The van der Waals surface area contributed by atoms with Crippen molar-refractivity contribution in [2.24, 2.45) is 5.41 Å². The highest BCUT2D eigenvalue weighted by atomic mass is 32.2. The fraction of sp³-hybridized carbons (Fsp3) is 0.632. The molecule has 2 atom stereocenters. The number of nitrogens with one attached hydrogen (secondary N) is 1. The zero-order chi connectivity index (χ0) is 35.0. The number of pyridine rings is 1. The van der Waals surface area contributed by atoms with E-state index in [1.54, 1.807) is 22.5 Å². The summed E-state index contributed by atoms with van der Waals surface area (Å²) in [6.45, 7) is 14.9. The van der Waals surface area contributed by atoms with Crippen LogP contribution in [0.25, 0.3) is 11.2 Å². The number of hydrogen-bond acceptors (Lipinski definition) is 8. The second kappa shape index (κ2) is 14.7. The van der Waals surface area contributed by atoms with E-state index in [9.17, 15) is 14.4 Å². The van der Waals surface area contributed by atoms with Crippen LogP contribution < -0.4 is 10.6 Å². The Morgan fingerprint density at radius 1 is 0.900 bits per heavy atom. The number of para-hydroxylation sites is 1. The molecule has 4 saturated heterocycles. The molecule has 50 heavy (non-hydrogen) atoms. The van der Waals surface area contributed by atoms with Gasteiger partial charge < -0.3 is 19.6 Å². The Labute approximate surface area is 300 Å². The van der Waals surface area contributed by atoms with Crippen LogP contribution in [-0.2, 0) is 9.59 Å². The minimum Gasteiger partial charge on any atom is -0.369 e. The zero-order valence-electron chi connectivity index (χ0n) is 30.2. The summed E-state index contributed by atoms with van der Waals surface area (Å²) in [6.07, 6.45) is 6.65. The first-order chi connectivity index (χ1) is 24.1.